The number of azo groups is 1. The van der Waals surface area contributed by atoms with Crippen LogP contribution in [0.2, 0.25) is 10.0 Å². The van der Waals surface area contributed by atoms with Crippen molar-refractivity contribution in [3.63, 3.8) is 0 Å². The van der Waals surface area contributed by atoms with Gasteiger partial charge < -0.3 is 15.4 Å². The average Bonchev–Trinajstić information content (AvgIpc) is 3.04. The first-order valence-electron chi connectivity index (χ1n) is 9.54. The van der Waals surface area contributed by atoms with E-state index in [1.54, 1.807) is 18.2 Å². The summed E-state index contributed by atoms with van der Waals surface area (Å²) in [6, 6.07) is 10.3. The Morgan fingerprint density at radius 2 is 1.90 bits per heavy atom. The molecule has 0 aliphatic rings. The number of rotatable bonds is 8. The Morgan fingerprint density at radius 3 is 2.68 bits per heavy atom. The maximum Gasteiger partial charge on any atom is 0.264 e. The highest BCUT2D eigenvalue weighted by molar-refractivity contribution is 9.10. The molecule has 0 spiro atoms. The van der Waals surface area contributed by atoms with Crippen LogP contribution >= 0.6 is 39.1 Å². The first-order valence-corrected chi connectivity index (χ1v) is 11.1. The second-order valence-corrected chi connectivity index (χ2v) is 8.47. The molecule has 0 aliphatic heterocycles. The van der Waals surface area contributed by atoms with Gasteiger partial charge in [-0.2, -0.15) is 0 Å². The highest BCUT2D eigenvalue weighted by Crippen LogP contribution is 2.40. The Hall–Kier alpha value is -2.42. The molecule has 1 aromatic heterocycles. The summed E-state index contributed by atoms with van der Waals surface area (Å²) in [6.45, 7) is 0.514. The summed E-state index contributed by atoms with van der Waals surface area (Å²) < 4.78 is 0.745. The monoisotopic (exact) mass is 524 g/mol. The molecular weight excluding hydrogens is 507 g/mol. The van der Waals surface area contributed by atoms with Crippen LogP contribution in [-0.4, -0.2) is 28.4 Å². The van der Waals surface area contributed by atoms with E-state index in [4.69, 9.17) is 23.2 Å². The van der Waals surface area contributed by atoms with Crippen molar-refractivity contribution < 1.29 is 14.7 Å². The minimum absolute atomic E-state index is 0.113. The Balaban J connectivity index is 1.43. The predicted molar refractivity (Wildman–Crippen MR) is 124 cm³/mol. The summed E-state index contributed by atoms with van der Waals surface area (Å²) in [5, 5.41) is 21.6. The number of aromatic hydroxyl groups is 1. The molecule has 0 atom stereocenters. The molecule has 162 valence electrons. The molecule has 10 heteroatoms. The Kier molecular flexibility index (Phi) is 8.06. The molecule has 1 heterocycles. The van der Waals surface area contributed by atoms with Gasteiger partial charge in [-0.15, -0.1) is 10.2 Å². The molecule has 2 amide bonds. The van der Waals surface area contributed by atoms with Gasteiger partial charge >= 0.3 is 0 Å². The molecule has 0 saturated heterocycles. The summed E-state index contributed by atoms with van der Waals surface area (Å²) in [6.07, 6.45) is 2.31. The fourth-order valence-corrected chi connectivity index (χ4v) is 3.98. The Bertz CT molecular complexity index is 1150. The normalized spacial score (nSPS) is 11.3. The summed E-state index contributed by atoms with van der Waals surface area (Å²) >= 11 is 15.4. The number of unbranched alkanes of at least 4 members (excludes halogenated alkanes) is 2. The molecule has 2 aromatic carbocycles. The van der Waals surface area contributed by atoms with E-state index in [-0.39, 0.29) is 23.9 Å². The highest BCUT2D eigenvalue weighted by atomic mass is 79.9. The summed E-state index contributed by atoms with van der Waals surface area (Å²) in [5.41, 5.74) is 1.17. The minimum Gasteiger partial charge on any atom is -0.493 e. The van der Waals surface area contributed by atoms with Crippen molar-refractivity contribution in [2.24, 2.45) is 10.2 Å². The SMILES string of the molecule is O=C(CCCCCNC(=O)c1ccccc1Br)N=Nc1c(O)[nH]c2c(Cl)cc(Cl)cc12. The van der Waals surface area contributed by atoms with E-state index in [2.05, 4.69) is 36.5 Å². The van der Waals surface area contributed by atoms with Gasteiger partial charge in [0.1, 0.15) is 0 Å². The lowest BCUT2D eigenvalue weighted by Gasteiger charge is -2.06. The fourth-order valence-electron chi connectivity index (χ4n) is 2.97. The van der Waals surface area contributed by atoms with Crippen LogP contribution in [0.4, 0.5) is 5.69 Å². The van der Waals surface area contributed by atoms with Crippen molar-refractivity contribution >= 4 is 67.5 Å². The molecule has 7 nitrogen and oxygen atoms in total. The Morgan fingerprint density at radius 1 is 1.13 bits per heavy atom. The lowest BCUT2D eigenvalue weighted by molar-refractivity contribution is -0.118. The molecule has 0 bridgehead atoms. The number of aromatic nitrogens is 1. The van der Waals surface area contributed by atoms with E-state index in [0.717, 1.165) is 17.3 Å². The van der Waals surface area contributed by atoms with Gasteiger partial charge in [-0.3, -0.25) is 9.59 Å². The van der Waals surface area contributed by atoms with Crippen LogP contribution in [0.25, 0.3) is 10.9 Å². The number of halogens is 3. The van der Waals surface area contributed by atoms with Crippen molar-refractivity contribution in [3.8, 4) is 5.88 Å². The molecule has 0 fully saturated rings. The smallest absolute Gasteiger partial charge is 0.264 e. The summed E-state index contributed by atoms with van der Waals surface area (Å²) in [4.78, 5) is 26.8. The van der Waals surface area contributed by atoms with Gasteiger partial charge in [-0.1, -0.05) is 41.8 Å². The molecule has 0 saturated carbocycles. The maximum absolute atomic E-state index is 12.1. The molecule has 0 radical (unpaired) electrons. The number of hydrogen-bond donors (Lipinski definition) is 3. The second kappa shape index (κ2) is 10.7. The number of carbonyl (C=O) groups excluding carboxylic acids is 2. The van der Waals surface area contributed by atoms with Crippen molar-refractivity contribution in [1.82, 2.24) is 10.3 Å². The number of aromatic amines is 1. The van der Waals surface area contributed by atoms with Gasteiger partial charge in [0.25, 0.3) is 11.8 Å². The zero-order valence-corrected chi connectivity index (χ0v) is 19.4. The van der Waals surface area contributed by atoms with Crippen LogP contribution in [0.15, 0.2) is 51.1 Å². The third kappa shape index (κ3) is 6.06. The number of nitrogens with one attached hydrogen (secondary N) is 2. The van der Waals surface area contributed by atoms with Crippen LogP contribution in [0, 0.1) is 0 Å². The van der Waals surface area contributed by atoms with Gasteiger partial charge in [-0.25, -0.2) is 0 Å². The summed E-state index contributed by atoms with van der Waals surface area (Å²) in [5.74, 6) is -0.785. The van der Waals surface area contributed by atoms with Gasteiger partial charge in [0, 0.05) is 27.8 Å². The van der Waals surface area contributed by atoms with Crippen molar-refractivity contribution in [3.05, 3.63) is 56.5 Å². The predicted octanol–water partition coefficient (Wildman–Crippen LogP) is 6.54. The first kappa shape index (κ1) is 23.2. The highest BCUT2D eigenvalue weighted by Gasteiger charge is 2.14. The first-order chi connectivity index (χ1) is 14.9. The molecular formula is C21H19BrCl2N4O3. The number of fused-ring (bicyclic) bond motifs is 1. The number of hydrogen-bond acceptors (Lipinski definition) is 4. The van der Waals surface area contributed by atoms with Gasteiger partial charge in [0.05, 0.1) is 16.1 Å². The summed E-state index contributed by atoms with van der Waals surface area (Å²) in [7, 11) is 0. The van der Waals surface area contributed by atoms with Crippen molar-refractivity contribution in [2.45, 2.75) is 25.7 Å². The lowest BCUT2D eigenvalue weighted by atomic mass is 10.2. The Labute approximate surface area is 197 Å². The number of carbonyl (C=O) groups is 2. The molecule has 3 N–H and O–H groups in total. The van der Waals surface area contributed by atoms with Crippen LogP contribution in [-0.2, 0) is 4.79 Å². The number of amides is 2. The van der Waals surface area contributed by atoms with Crippen molar-refractivity contribution in [2.75, 3.05) is 6.54 Å². The van der Waals surface area contributed by atoms with Gasteiger partial charge in [-0.05, 0) is 53.0 Å². The third-order valence-corrected chi connectivity index (χ3v) is 5.72. The standard InChI is InChI=1S/C21H19BrCl2N4O3/c22-15-7-4-3-6-13(15)20(30)25-9-5-1-2-8-17(29)27-28-19-14-10-12(23)11-16(24)18(14)26-21(19)31/h3-4,6-7,10-11,26,31H,1-2,5,8-9H2,(H,25,30). The van der Waals surface area contributed by atoms with Crippen LogP contribution in [0.5, 0.6) is 5.88 Å². The van der Waals surface area contributed by atoms with E-state index in [0.29, 0.717) is 39.5 Å². The van der Waals surface area contributed by atoms with E-state index in [9.17, 15) is 14.7 Å². The average molecular weight is 526 g/mol. The minimum atomic E-state index is -0.404. The zero-order chi connectivity index (χ0) is 22.4. The van der Waals surface area contributed by atoms with Crippen LogP contribution in [0.3, 0.4) is 0 Å². The van der Waals surface area contributed by atoms with E-state index in [1.165, 1.54) is 6.07 Å². The molecule has 0 aliphatic carbocycles. The van der Waals surface area contributed by atoms with Crippen LogP contribution < -0.4 is 5.32 Å². The topological polar surface area (TPSA) is 107 Å². The molecule has 31 heavy (non-hydrogen) atoms. The maximum atomic E-state index is 12.1. The van der Waals surface area contributed by atoms with Gasteiger partial charge in [0.2, 0.25) is 5.88 Å². The van der Waals surface area contributed by atoms with E-state index in [1.807, 2.05) is 12.1 Å². The number of H-pyrrole nitrogens is 1. The third-order valence-electron chi connectivity index (χ3n) is 4.51. The zero-order valence-electron chi connectivity index (χ0n) is 16.3. The quantitative estimate of drug-likeness (QED) is 0.229. The lowest BCUT2D eigenvalue weighted by Crippen LogP contribution is -2.24. The van der Waals surface area contributed by atoms with E-state index < -0.39 is 5.91 Å². The van der Waals surface area contributed by atoms with E-state index >= 15 is 0 Å². The van der Waals surface area contributed by atoms with Gasteiger partial charge in [0.15, 0.2) is 5.69 Å². The number of benzene rings is 2. The molecule has 3 aromatic rings. The molecule has 3 rings (SSSR count). The van der Waals surface area contributed by atoms with Crippen molar-refractivity contribution in [1.29, 1.82) is 0 Å². The van der Waals surface area contributed by atoms with Crippen LogP contribution in [0.1, 0.15) is 36.0 Å². The molecule has 0 unspecified atom stereocenters. The fraction of sp³-hybridized carbons (Fsp3) is 0.238. The number of nitrogens with zero attached hydrogens (tertiary/aromatic N) is 2. The second-order valence-electron chi connectivity index (χ2n) is 6.77. The largest absolute Gasteiger partial charge is 0.493 e.